The van der Waals surface area contributed by atoms with Gasteiger partial charge >= 0.3 is 17.7 Å². The van der Waals surface area contributed by atoms with E-state index in [1.54, 1.807) is 6.92 Å². The molecule has 1 radical (unpaired) electrons. The number of nitrogens with zero attached hydrogens (tertiary/aromatic N) is 1. The molecule has 6 heteroatoms. The van der Waals surface area contributed by atoms with Crippen molar-refractivity contribution in [3.05, 3.63) is 0 Å². The van der Waals surface area contributed by atoms with Crippen molar-refractivity contribution in [2.75, 3.05) is 13.2 Å². The van der Waals surface area contributed by atoms with Crippen LogP contribution in [0.3, 0.4) is 0 Å². The maximum atomic E-state index is 12.4. The topological polar surface area (TPSA) is 92.4 Å². The normalized spacial score (nSPS) is 24.4. The lowest BCUT2D eigenvalue weighted by Gasteiger charge is -2.27. The molecular formula is C15H24N2O4+. The maximum absolute atomic E-state index is 12.4. The van der Waals surface area contributed by atoms with Crippen molar-refractivity contribution < 1.29 is 19.1 Å². The Kier molecular flexibility index (Phi) is 5.47. The standard InChI is InChI=1S/C15H24N2O4/c1-2-21-15(20)13(18)12-7-4-8-17(12)14(19)11(16)9-10-5-3-6-10/h10-12H,2-9,16H2,1H3/q+1/t11-,12+/m1/s1. The second-order valence-electron chi connectivity index (χ2n) is 5.91. The van der Waals surface area contributed by atoms with Gasteiger partial charge < -0.3 is 10.5 Å². The first kappa shape index (κ1) is 16.1. The number of ether oxygens (including phenoxy) is 1. The summed E-state index contributed by atoms with van der Waals surface area (Å²) < 4.78 is 4.74. The lowest BCUT2D eigenvalue weighted by atomic mass is 9.81. The van der Waals surface area contributed by atoms with E-state index in [1.807, 2.05) is 0 Å². The van der Waals surface area contributed by atoms with E-state index in [4.69, 9.17) is 10.5 Å². The van der Waals surface area contributed by atoms with E-state index >= 15 is 0 Å². The molecular weight excluding hydrogens is 272 g/mol. The third-order valence-corrected chi connectivity index (χ3v) is 4.44. The Bertz CT molecular complexity index is 420. The van der Waals surface area contributed by atoms with E-state index in [2.05, 4.69) is 0 Å². The summed E-state index contributed by atoms with van der Waals surface area (Å²) >= 11 is 0. The second-order valence-corrected chi connectivity index (χ2v) is 5.91. The van der Waals surface area contributed by atoms with Gasteiger partial charge in [0.1, 0.15) is 12.6 Å². The highest BCUT2D eigenvalue weighted by Gasteiger charge is 2.49. The molecule has 0 unspecified atom stereocenters. The summed E-state index contributed by atoms with van der Waals surface area (Å²) in [6.07, 6.45) is 5.38. The van der Waals surface area contributed by atoms with Crippen molar-refractivity contribution >= 4 is 17.7 Å². The summed E-state index contributed by atoms with van der Waals surface area (Å²) in [5.74, 6) is -1.15. The fourth-order valence-electron chi connectivity index (χ4n) is 3.04. The largest absolute Gasteiger partial charge is 0.460 e. The minimum Gasteiger partial charge on any atom is -0.460 e. The molecule has 2 fully saturated rings. The van der Waals surface area contributed by atoms with E-state index in [-0.39, 0.29) is 12.5 Å². The van der Waals surface area contributed by atoms with Gasteiger partial charge in [0, 0.05) is 12.8 Å². The van der Waals surface area contributed by atoms with Crippen LogP contribution in [0.1, 0.15) is 45.4 Å². The molecule has 21 heavy (non-hydrogen) atoms. The zero-order chi connectivity index (χ0) is 15.4. The highest BCUT2D eigenvalue weighted by Crippen LogP contribution is 2.30. The average Bonchev–Trinajstić information content (AvgIpc) is 2.90. The molecule has 1 amide bonds. The highest BCUT2D eigenvalue weighted by molar-refractivity contribution is 6.36. The van der Waals surface area contributed by atoms with Crippen molar-refractivity contribution in [1.82, 2.24) is 4.90 Å². The Balaban J connectivity index is 1.94. The lowest BCUT2D eigenvalue weighted by Crippen LogP contribution is -2.54. The highest BCUT2D eigenvalue weighted by atomic mass is 16.5. The summed E-state index contributed by atoms with van der Waals surface area (Å²) in [4.78, 5) is 37.5. The van der Waals surface area contributed by atoms with Gasteiger partial charge in [-0.25, -0.2) is 9.59 Å². The summed E-state index contributed by atoms with van der Waals surface area (Å²) in [6, 6.07) is -1.25. The van der Waals surface area contributed by atoms with Crippen LogP contribution in [0.25, 0.3) is 0 Å². The minimum absolute atomic E-state index is 0.159. The van der Waals surface area contributed by atoms with Gasteiger partial charge in [-0.15, -0.1) is 0 Å². The zero-order valence-corrected chi connectivity index (χ0v) is 12.5. The summed E-state index contributed by atoms with van der Waals surface area (Å²) in [7, 11) is 0. The molecule has 0 aromatic heterocycles. The lowest BCUT2D eigenvalue weighted by molar-refractivity contribution is -0.155. The molecule has 0 aromatic carbocycles. The molecule has 6 nitrogen and oxygen atoms in total. The molecule has 1 heterocycles. The third-order valence-electron chi connectivity index (χ3n) is 4.44. The Morgan fingerprint density at radius 2 is 1.95 bits per heavy atom. The quantitative estimate of drug-likeness (QED) is 0.437. The van der Waals surface area contributed by atoms with Gasteiger partial charge in [-0.05, 0) is 19.3 Å². The number of carbonyl (C=O) groups excluding carboxylic acids is 3. The van der Waals surface area contributed by atoms with Gasteiger partial charge in [-0.2, -0.15) is 0 Å². The van der Waals surface area contributed by atoms with E-state index in [9.17, 15) is 14.4 Å². The Morgan fingerprint density at radius 1 is 1.24 bits per heavy atom. The predicted molar refractivity (Wildman–Crippen MR) is 76.6 cm³/mol. The fourth-order valence-corrected chi connectivity index (χ4v) is 3.04. The Labute approximate surface area is 125 Å². The zero-order valence-electron chi connectivity index (χ0n) is 12.5. The number of Topliss-reactive ketones (excluding diaryl/α,β-unsaturated/α-hetero) is 1. The number of rotatable bonds is 6. The summed E-state index contributed by atoms with van der Waals surface area (Å²) in [5.41, 5.74) is 5.99. The molecule has 2 atom stereocenters. The molecule has 2 aliphatic rings. The molecule has 2 N–H and O–H groups in total. The summed E-state index contributed by atoms with van der Waals surface area (Å²) in [6.45, 7) is 2.30. The number of likely N-dealkylation sites (tertiary alicyclic amines) is 1. The third kappa shape index (κ3) is 3.68. The van der Waals surface area contributed by atoms with Crippen LogP contribution in [0.4, 0.5) is 0 Å². The number of esters is 1. The van der Waals surface area contributed by atoms with Gasteiger partial charge in [0.2, 0.25) is 6.04 Å². The predicted octanol–water partition coefficient (Wildman–Crippen LogP) is 0.465. The van der Waals surface area contributed by atoms with Crippen LogP contribution in [0.2, 0.25) is 0 Å². The molecule has 0 bridgehead atoms. The van der Waals surface area contributed by atoms with E-state index in [1.165, 1.54) is 11.3 Å². The number of amides is 1. The van der Waals surface area contributed by atoms with Crippen LogP contribution < -0.4 is 10.6 Å². The fraction of sp³-hybridized carbons (Fsp3) is 0.800. The van der Waals surface area contributed by atoms with E-state index in [0.29, 0.717) is 25.3 Å². The first-order chi connectivity index (χ1) is 10.0. The molecule has 1 saturated heterocycles. The smallest absolute Gasteiger partial charge is 0.381 e. The molecule has 2 rings (SSSR count). The second kappa shape index (κ2) is 7.13. The van der Waals surface area contributed by atoms with E-state index < -0.39 is 23.8 Å². The van der Waals surface area contributed by atoms with Crippen LogP contribution in [0.15, 0.2) is 0 Å². The van der Waals surface area contributed by atoms with Crippen LogP contribution in [-0.2, 0) is 19.1 Å². The summed E-state index contributed by atoms with van der Waals surface area (Å²) in [5, 5.41) is 0. The van der Waals surface area contributed by atoms with Gasteiger partial charge in [0.25, 0.3) is 0 Å². The number of ketones is 1. The molecule has 1 saturated carbocycles. The molecule has 117 valence electrons. The Morgan fingerprint density at radius 3 is 2.52 bits per heavy atom. The minimum atomic E-state index is -0.852. The van der Waals surface area contributed by atoms with Crippen LogP contribution >= 0.6 is 0 Å². The number of hydrogen-bond donors (Lipinski definition) is 1. The van der Waals surface area contributed by atoms with Crippen LogP contribution in [0, 0.1) is 5.92 Å². The molecule has 0 spiro atoms. The molecule has 1 aliphatic heterocycles. The van der Waals surface area contributed by atoms with Gasteiger partial charge in [0.15, 0.2) is 0 Å². The Hall–Kier alpha value is -1.27. The maximum Gasteiger partial charge on any atom is 0.381 e. The SMILES string of the molecule is CCOC(=O)C(=O)[C@@H]1CCC[N+]1C(=O)[C@H](N)CC1CCC1. The van der Waals surface area contributed by atoms with E-state index in [0.717, 1.165) is 19.3 Å². The van der Waals surface area contributed by atoms with Crippen molar-refractivity contribution in [2.24, 2.45) is 11.7 Å². The van der Waals surface area contributed by atoms with Crippen molar-refractivity contribution in [3.8, 4) is 0 Å². The van der Waals surface area contributed by atoms with Crippen molar-refractivity contribution in [2.45, 2.75) is 57.5 Å². The number of carbonyl (C=O) groups is 3. The van der Waals surface area contributed by atoms with Gasteiger partial charge in [-0.3, -0.25) is 4.79 Å². The van der Waals surface area contributed by atoms with Crippen molar-refractivity contribution in [3.63, 3.8) is 0 Å². The first-order valence-corrected chi connectivity index (χ1v) is 7.81. The number of hydrogen-bond acceptors (Lipinski definition) is 5. The van der Waals surface area contributed by atoms with Gasteiger partial charge in [-0.1, -0.05) is 24.2 Å². The van der Waals surface area contributed by atoms with Crippen molar-refractivity contribution in [1.29, 1.82) is 0 Å². The van der Waals surface area contributed by atoms with Crippen LogP contribution in [-0.4, -0.2) is 42.9 Å². The monoisotopic (exact) mass is 296 g/mol. The average molecular weight is 296 g/mol. The van der Waals surface area contributed by atoms with Gasteiger partial charge in [0.05, 0.1) is 6.61 Å². The number of nitrogens with two attached hydrogens (primary N) is 1. The van der Waals surface area contributed by atoms with Crippen LogP contribution in [0.5, 0.6) is 0 Å². The molecule has 1 aliphatic carbocycles. The molecule has 0 aromatic rings. The first-order valence-electron chi connectivity index (χ1n) is 7.81.